The van der Waals surface area contributed by atoms with Crippen LogP contribution in [0.5, 0.6) is 0 Å². The van der Waals surface area contributed by atoms with Crippen molar-refractivity contribution in [1.82, 2.24) is 14.1 Å². The molecule has 64 heavy (non-hydrogen) atoms. The molecule has 0 amide bonds. The first-order valence-electron chi connectivity index (χ1n) is 21.6. The van der Waals surface area contributed by atoms with Gasteiger partial charge < -0.3 is 4.57 Å². The van der Waals surface area contributed by atoms with Gasteiger partial charge in [0.05, 0.1) is 39.4 Å². The van der Waals surface area contributed by atoms with E-state index >= 15 is 0 Å². The maximum atomic E-state index is 10.4. The van der Waals surface area contributed by atoms with Gasteiger partial charge >= 0.3 is 0 Å². The Morgan fingerprint density at radius 2 is 0.719 bits per heavy atom. The van der Waals surface area contributed by atoms with Gasteiger partial charge in [0, 0.05) is 38.9 Å². The minimum absolute atomic E-state index is 0.578. The summed E-state index contributed by atoms with van der Waals surface area (Å²) in [6, 6.07) is 82.0. The van der Waals surface area contributed by atoms with Crippen LogP contribution in [0.2, 0.25) is 0 Å². The average Bonchev–Trinajstić information content (AvgIpc) is 3.88. The van der Waals surface area contributed by atoms with Crippen LogP contribution < -0.4 is 0 Å². The molecule has 4 heteroatoms. The van der Waals surface area contributed by atoms with Gasteiger partial charge in [-0.25, -0.2) is 4.98 Å². The van der Waals surface area contributed by atoms with Crippen molar-refractivity contribution < 1.29 is 0 Å². The van der Waals surface area contributed by atoms with E-state index in [9.17, 15) is 5.26 Å². The van der Waals surface area contributed by atoms with Gasteiger partial charge in [0.1, 0.15) is 5.82 Å². The van der Waals surface area contributed by atoms with E-state index < -0.39 is 0 Å². The molecule has 4 nitrogen and oxygen atoms in total. The van der Waals surface area contributed by atoms with Gasteiger partial charge in [-0.15, -0.1) is 0 Å². The molecule has 12 rings (SSSR count). The van der Waals surface area contributed by atoms with Crippen LogP contribution in [0.15, 0.2) is 231 Å². The van der Waals surface area contributed by atoms with E-state index in [0.717, 1.165) is 88.5 Å². The lowest BCUT2D eigenvalue weighted by atomic mass is 10.0. The highest BCUT2D eigenvalue weighted by atomic mass is 15.1. The highest BCUT2D eigenvalue weighted by Crippen LogP contribution is 2.43. The fraction of sp³-hybridized carbons (Fsp3) is 0. The predicted molar refractivity (Wildman–Crippen MR) is 265 cm³/mol. The van der Waals surface area contributed by atoms with Gasteiger partial charge in [0.15, 0.2) is 0 Å². The molecule has 0 unspecified atom stereocenters. The minimum atomic E-state index is 0.578. The zero-order chi connectivity index (χ0) is 42.6. The monoisotopic (exact) mass is 814 g/mol. The SMILES string of the molecule is N#Cc1ccc(-n2c3ccc(-c4ccccc4)cc3c3cc(-c4ccccc4)ccc32)c(-c2cccnc2-n2c3ccc(-c4ccccc4)cc3c3cc(-c4ccccc4)ccc32)c1. The van der Waals surface area contributed by atoms with E-state index in [4.69, 9.17) is 4.98 Å². The summed E-state index contributed by atoms with van der Waals surface area (Å²) < 4.78 is 4.67. The lowest BCUT2D eigenvalue weighted by molar-refractivity contribution is 1.08. The summed E-state index contributed by atoms with van der Waals surface area (Å²) in [5.41, 5.74) is 16.9. The molecular formula is C60H38N4. The van der Waals surface area contributed by atoms with Gasteiger partial charge in [-0.3, -0.25) is 4.57 Å². The molecule has 0 saturated heterocycles. The zero-order valence-electron chi connectivity index (χ0n) is 34.7. The van der Waals surface area contributed by atoms with Gasteiger partial charge in [-0.1, -0.05) is 146 Å². The molecular weight excluding hydrogens is 777 g/mol. The predicted octanol–water partition coefficient (Wildman–Crippen LogP) is 15.5. The summed E-state index contributed by atoms with van der Waals surface area (Å²) in [4.78, 5) is 5.22. The highest BCUT2D eigenvalue weighted by molar-refractivity contribution is 6.14. The lowest BCUT2D eigenvalue weighted by Crippen LogP contribution is -2.03. The van der Waals surface area contributed by atoms with Gasteiger partial charge in [0.2, 0.25) is 0 Å². The second kappa shape index (κ2) is 15.3. The summed E-state index contributed by atoms with van der Waals surface area (Å²) in [7, 11) is 0. The first kappa shape index (κ1) is 37.0. The molecule has 0 aliphatic rings. The molecule has 12 aromatic rings. The van der Waals surface area contributed by atoms with Crippen molar-refractivity contribution in [2.24, 2.45) is 0 Å². The molecule has 3 aromatic heterocycles. The number of nitriles is 1. The van der Waals surface area contributed by atoms with Crippen LogP contribution in [0.3, 0.4) is 0 Å². The van der Waals surface area contributed by atoms with Crippen LogP contribution in [0.4, 0.5) is 0 Å². The Morgan fingerprint density at radius 1 is 0.328 bits per heavy atom. The fourth-order valence-corrected chi connectivity index (χ4v) is 9.58. The number of hydrogen-bond acceptors (Lipinski definition) is 2. The van der Waals surface area contributed by atoms with E-state index in [-0.39, 0.29) is 0 Å². The summed E-state index contributed by atoms with van der Waals surface area (Å²) in [6.45, 7) is 0. The smallest absolute Gasteiger partial charge is 0.145 e. The molecule has 0 aliphatic heterocycles. The zero-order valence-corrected chi connectivity index (χ0v) is 34.7. The molecule has 0 radical (unpaired) electrons. The van der Waals surface area contributed by atoms with Crippen molar-refractivity contribution in [3.05, 3.63) is 236 Å². The van der Waals surface area contributed by atoms with Gasteiger partial charge in [-0.2, -0.15) is 5.26 Å². The number of fused-ring (bicyclic) bond motifs is 6. The van der Waals surface area contributed by atoms with E-state index in [2.05, 4.69) is 221 Å². The van der Waals surface area contributed by atoms with Crippen molar-refractivity contribution in [3.8, 4) is 73.2 Å². The Bertz CT molecular complexity index is 3570. The molecule has 0 saturated carbocycles. The molecule has 0 atom stereocenters. The Balaban J connectivity index is 1.12. The van der Waals surface area contributed by atoms with E-state index in [1.165, 1.54) is 22.3 Å². The number of benzene rings is 9. The van der Waals surface area contributed by atoms with Crippen LogP contribution >= 0.6 is 0 Å². The molecule has 3 heterocycles. The molecule has 9 aromatic carbocycles. The maximum Gasteiger partial charge on any atom is 0.145 e. The lowest BCUT2D eigenvalue weighted by Gasteiger charge is -2.18. The topological polar surface area (TPSA) is 46.5 Å². The van der Waals surface area contributed by atoms with Crippen LogP contribution in [0.25, 0.3) is 111 Å². The molecule has 0 aliphatic carbocycles. The van der Waals surface area contributed by atoms with Crippen molar-refractivity contribution >= 4 is 43.6 Å². The summed E-state index contributed by atoms with van der Waals surface area (Å²) in [6.07, 6.45) is 1.87. The van der Waals surface area contributed by atoms with Gasteiger partial charge in [0.25, 0.3) is 0 Å². The van der Waals surface area contributed by atoms with Crippen molar-refractivity contribution in [2.45, 2.75) is 0 Å². The maximum absolute atomic E-state index is 10.4. The fourth-order valence-electron chi connectivity index (χ4n) is 9.58. The molecule has 0 spiro atoms. The third-order valence-electron chi connectivity index (χ3n) is 12.6. The number of nitrogens with zero attached hydrogens (tertiary/aromatic N) is 4. The number of aromatic nitrogens is 3. The Kier molecular flexibility index (Phi) is 8.84. The first-order valence-corrected chi connectivity index (χ1v) is 21.6. The van der Waals surface area contributed by atoms with Crippen LogP contribution in [-0.2, 0) is 0 Å². The van der Waals surface area contributed by atoms with Crippen LogP contribution in [0.1, 0.15) is 5.56 Å². The molecule has 0 fully saturated rings. The Morgan fingerprint density at radius 3 is 1.11 bits per heavy atom. The summed E-state index contributed by atoms with van der Waals surface area (Å²) in [5.74, 6) is 0.789. The largest absolute Gasteiger partial charge is 0.309 e. The van der Waals surface area contributed by atoms with Gasteiger partial charge in [-0.05, 0) is 123 Å². The average molecular weight is 815 g/mol. The molecule has 0 bridgehead atoms. The second-order valence-corrected chi connectivity index (χ2v) is 16.3. The quantitative estimate of drug-likeness (QED) is 0.161. The standard InChI is InChI=1S/C60H38N4/c61-39-40-23-28-55(63-56-29-24-45(41-14-5-1-6-15-41)35-51(56)52-36-46(25-30-57(52)63)42-16-7-2-8-17-42)50(34-40)49-22-13-33-62-60(49)64-58-31-26-47(43-18-9-3-10-19-43)37-53(58)54-38-48(27-32-59(54)64)44-20-11-4-12-21-44/h1-38H. The molecule has 0 N–H and O–H groups in total. The molecule has 298 valence electrons. The summed E-state index contributed by atoms with van der Waals surface area (Å²) in [5, 5.41) is 15.0. The van der Waals surface area contributed by atoms with Crippen molar-refractivity contribution in [1.29, 1.82) is 5.26 Å². The van der Waals surface area contributed by atoms with E-state index in [1.54, 1.807) is 0 Å². The number of rotatable bonds is 7. The number of pyridine rings is 1. The van der Waals surface area contributed by atoms with Crippen molar-refractivity contribution in [2.75, 3.05) is 0 Å². The normalized spacial score (nSPS) is 11.4. The number of hydrogen-bond donors (Lipinski definition) is 0. The Labute approximate surface area is 370 Å². The Hall–Kier alpha value is -8.78. The van der Waals surface area contributed by atoms with Crippen LogP contribution in [-0.4, -0.2) is 14.1 Å². The second-order valence-electron chi connectivity index (χ2n) is 16.3. The highest BCUT2D eigenvalue weighted by Gasteiger charge is 2.23. The third-order valence-corrected chi connectivity index (χ3v) is 12.6. The third kappa shape index (κ3) is 6.18. The van der Waals surface area contributed by atoms with Crippen LogP contribution in [0, 0.1) is 11.3 Å². The van der Waals surface area contributed by atoms with Crippen molar-refractivity contribution in [3.63, 3.8) is 0 Å². The minimum Gasteiger partial charge on any atom is -0.309 e. The van der Waals surface area contributed by atoms with E-state index in [0.29, 0.717) is 5.56 Å². The summed E-state index contributed by atoms with van der Waals surface area (Å²) >= 11 is 0. The first-order chi connectivity index (χ1) is 31.7. The van der Waals surface area contributed by atoms with E-state index in [1.807, 2.05) is 24.4 Å².